The Morgan fingerprint density at radius 3 is 2.67 bits per heavy atom. The SMILES string of the molecule is CC1CCC(CN)(c2nc(Cc3ccncc3)no2)CC1. The zero-order valence-corrected chi connectivity index (χ0v) is 12.5. The molecule has 0 saturated heterocycles. The van der Waals surface area contributed by atoms with E-state index in [1.807, 2.05) is 12.1 Å². The summed E-state index contributed by atoms with van der Waals surface area (Å²) in [6.45, 7) is 2.87. The van der Waals surface area contributed by atoms with Gasteiger partial charge >= 0.3 is 0 Å². The number of hydrogen-bond acceptors (Lipinski definition) is 5. The zero-order valence-electron chi connectivity index (χ0n) is 12.5. The van der Waals surface area contributed by atoms with Gasteiger partial charge in [0.25, 0.3) is 0 Å². The molecule has 5 nitrogen and oxygen atoms in total. The van der Waals surface area contributed by atoms with E-state index in [4.69, 9.17) is 10.3 Å². The Kier molecular flexibility index (Phi) is 4.01. The average Bonchev–Trinajstić information content (AvgIpc) is 2.99. The maximum Gasteiger partial charge on any atom is 0.234 e. The Bertz CT molecular complexity index is 573. The summed E-state index contributed by atoms with van der Waals surface area (Å²) < 4.78 is 5.55. The van der Waals surface area contributed by atoms with E-state index in [2.05, 4.69) is 22.0 Å². The van der Waals surface area contributed by atoms with Crippen LogP contribution in [0.3, 0.4) is 0 Å². The molecule has 0 aliphatic heterocycles. The van der Waals surface area contributed by atoms with Gasteiger partial charge in [-0.2, -0.15) is 4.98 Å². The summed E-state index contributed by atoms with van der Waals surface area (Å²) >= 11 is 0. The molecule has 112 valence electrons. The lowest BCUT2D eigenvalue weighted by molar-refractivity contribution is 0.191. The molecule has 3 rings (SSSR count). The maximum absolute atomic E-state index is 6.04. The van der Waals surface area contributed by atoms with Crippen LogP contribution in [0.4, 0.5) is 0 Å². The van der Waals surface area contributed by atoms with Crippen molar-refractivity contribution in [1.82, 2.24) is 15.1 Å². The van der Waals surface area contributed by atoms with Crippen molar-refractivity contribution in [3.63, 3.8) is 0 Å². The average molecular weight is 286 g/mol. The van der Waals surface area contributed by atoms with Gasteiger partial charge in [-0.3, -0.25) is 4.98 Å². The molecule has 0 spiro atoms. The van der Waals surface area contributed by atoms with Crippen LogP contribution in [0.5, 0.6) is 0 Å². The largest absolute Gasteiger partial charge is 0.339 e. The number of nitrogens with two attached hydrogens (primary N) is 1. The van der Waals surface area contributed by atoms with Crippen molar-refractivity contribution >= 4 is 0 Å². The fraction of sp³-hybridized carbons (Fsp3) is 0.562. The first kappa shape index (κ1) is 14.2. The van der Waals surface area contributed by atoms with Gasteiger partial charge in [0.1, 0.15) is 0 Å². The molecule has 1 aliphatic carbocycles. The third kappa shape index (κ3) is 2.97. The molecule has 1 aliphatic rings. The van der Waals surface area contributed by atoms with Crippen LogP contribution >= 0.6 is 0 Å². The summed E-state index contributed by atoms with van der Waals surface area (Å²) in [5.74, 6) is 2.22. The third-order valence-electron chi connectivity index (χ3n) is 4.66. The van der Waals surface area contributed by atoms with Gasteiger partial charge in [0, 0.05) is 25.4 Å². The molecule has 1 fully saturated rings. The monoisotopic (exact) mass is 286 g/mol. The molecule has 5 heteroatoms. The topological polar surface area (TPSA) is 77.8 Å². The second-order valence-electron chi connectivity index (χ2n) is 6.21. The smallest absolute Gasteiger partial charge is 0.234 e. The molecule has 2 aromatic rings. The molecule has 2 aromatic heterocycles. The first-order valence-electron chi connectivity index (χ1n) is 7.64. The molecule has 2 heterocycles. The fourth-order valence-corrected chi connectivity index (χ4v) is 3.04. The summed E-state index contributed by atoms with van der Waals surface area (Å²) in [4.78, 5) is 8.64. The van der Waals surface area contributed by atoms with E-state index in [0.717, 1.165) is 36.0 Å². The van der Waals surface area contributed by atoms with Gasteiger partial charge in [-0.1, -0.05) is 12.1 Å². The molecule has 0 atom stereocenters. The van der Waals surface area contributed by atoms with E-state index >= 15 is 0 Å². The molecule has 21 heavy (non-hydrogen) atoms. The molecule has 0 unspecified atom stereocenters. The van der Waals surface area contributed by atoms with Gasteiger partial charge in [-0.15, -0.1) is 0 Å². The highest BCUT2D eigenvalue weighted by atomic mass is 16.5. The number of pyridine rings is 1. The first-order valence-corrected chi connectivity index (χ1v) is 7.64. The fourth-order valence-electron chi connectivity index (χ4n) is 3.04. The van der Waals surface area contributed by atoms with Crippen LogP contribution in [-0.4, -0.2) is 21.7 Å². The van der Waals surface area contributed by atoms with Crippen LogP contribution in [0.25, 0.3) is 0 Å². The summed E-state index contributed by atoms with van der Waals surface area (Å²) in [5.41, 5.74) is 7.06. The van der Waals surface area contributed by atoms with E-state index in [9.17, 15) is 0 Å². The lowest BCUT2D eigenvalue weighted by Gasteiger charge is -2.35. The summed E-state index contributed by atoms with van der Waals surface area (Å²) in [6, 6.07) is 3.94. The third-order valence-corrected chi connectivity index (χ3v) is 4.66. The quantitative estimate of drug-likeness (QED) is 0.934. The number of rotatable bonds is 4. The van der Waals surface area contributed by atoms with Gasteiger partial charge < -0.3 is 10.3 Å². The van der Waals surface area contributed by atoms with Crippen LogP contribution < -0.4 is 5.73 Å². The summed E-state index contributed by atoms with van der Waals surface area (Å²) in [5, 5.41) is 4.14. The molecule has 0 radical (unpaired) electrons. The highest BCUT2D eigenvalue weighted by molar-refractivity contribution is 5.16. The summed E-state index contributed by atoms with van der Waals surface area (Å²) in [6.07, 6.45) is 8.67. The zero-order chi connectivity index (χ0) is 14.7. The number of nitrogens with zero attached hydrogens (tertiary/aromatic N) is 3. The number of hydrogen-bond donors (Lipinski definition) is 1. The molecule has 0 amide bonds. The Morgan fingerprint density at radius 1 is 1.29 bits per heavy atom. The maximum atomic E-state index is 6.04. The van der Waals surface area contributed by atoms with Crippen molar-refractivity contribution in [2.75, 3.05) is 6.54 Å². The van der Waals surface area contributed by atoms with E-state index in [-0.39, 0.29) is 5.41 Å². The van der Waals surface area contributed by atoms with Gasteiger partial charge in [0.05, 0.1) is 5.41 Å². The summed E-state index contributed by atoms with van der Waals surface area (Å²) in [7, 11) is 0. The van der Waals surface area contributed by atoms with Gasteiger partial charge in [0.2, 0.25) is 5.89 Å². The normalized spacial score (nSPS) is 25.9. The van der Waals surface area contributed by atoms with E-state index in [1.54, 1.807) is 12.4 Å². The molecular formula is C16H22N4O. The Morgan fingerprint density at radius 2 is 2.00 bits per heavy atom. The van der Waals surface area contributed by atoms with E-state index < -0.39 is 0 Å². The van der Waals surface area contributed by atoms with Crippen molar-refractivity contribution in [3.05, 3.63) is 41.8 Å². The minimum atomic E-state index is -0.115. The van der Waals surface area contributed by atoms with Gasteiger partial charge in [0.15, 0.2) is 5.82 Å². The van der Waals surface area contributed by atoms with Crippen LogP contribution in [-0.2, 0) is 11.8 Å². The highest BCUT2D eigenvalue weighted by Crippen LogP contribution is 2.40. The molecule has 0 aromatic carbocycles. The lowest BCUT2D eigenvalue weighted by Crippen LogP contribution is -2.39. The Hall–Kier alpha value is -1.75. The van der Waals surface area contributed by atoms with Crippen LogP contribution in [0.15, 0.2) is 29.0 Å². The van der Waals surface area contributed by atoms with Crippen molar-refractivity contribution < 1.29 is 4.52 Å². The molecule has 2 N–H and O–H groups in total. The minimum Gasteiger partial charge on any atom is -0.339 e. The molecular weight excluding hydrogens is 264 g/mol. The van der Waals surface area contributed by atoms with E-state index in [0.29, 0.717) is 13.0 Å². The van der Waals surface area contributed by atoms with Crippen molar-refractivity contribution in [2.24, 2.45) is 11.7 Å². The Balaban J connectivity index is 1.77. The van der Waals surface area contributed by atoms with Gasteiger partial charge in [-0.25, -0.2) is 0 Å². The van der Waals surface area contributed by atoms with E-state index in [1.165, 1.54) is 12.8 Å². The predicted molar refractivity (Wildman–Crippen MR) is 79.7 cm³/mol. The standard InChI is InChI=1S/C16H22N4O/c1-12-2-6-16(11-17,7-3-12)15-19-14(20-21-15)10-13-4-8-18-9-5-13/h4-5,8-9,12H,2-3,6-7,10-11,17H2,1H3. The second-order valence-corrected chi connectivity index (χ2v) is 6.21. The van der Waals surface area contributed by atoms with Crippen molar-refractivity contribution in [1.29, 1.82) is 0 Å². The van der Waals surface area contributed by atoms with Crippen LogP contribution in [0.1, 0.15) is 49.9 Å². The van der Waals surface area contributed by atoms with Crippen LogP contribution in [0, 0.1) is 5.92 Å². The second kappa shape index (κ2) is 5.93. The highest BCUT2D eigenvalue weighted by Gasteiger charge is 2.39. The molecule has 0 bridgehead atoms. The first-order chi connectivity index (χ1) is 10.2. The van der Waals surface area contributed by atoms with Gasteiger partial charge in [-0.05, 0) is 49.3 Å². The lowest BCUT2D eigenvalue weighted by atomic mass is 9.71. The number of aromatic nitrogens is 3. The molecule has 1 saturated carbocycles. The van der Waals surface area contributed by atoms with Crippen molar-refractivity contribution in [2.45, 2.75) is 44.4 Å². The predicted octanol–water partition coefficient (Wildman–Crippen LogP) is 2.46. The Labute approximate surface area is 125 Å². The minimum absolute atomic E-state index is 0.115. The van der Waals surface area contributed by atoms with Crippen molar-refractivity contribution in [3.8, 4) is 0 Å². The van der Waals surface area contributed by atoms with Crippen LogP contribution in [0.2, 0.25) is 0 Å².